The first-order chi connectivity index (χ1) is 11.6. The van der Waals surface area contributed by atoms with Crippen molar-refractivity contribution in [2.24, 2.45) is 5.92 Å². The fraction of sp³-hybridized carbons (Fsp3) is 0.684. The highest BCUT2D eigenvalue weighted by molar-refractivity contribution is 5.77. The number of fused-ring (bicyclic) bond motifs is 1. The SMILES string of the molecule is CN(C)CCCN1C(=O)CC[C@@H]2CN(Cc3cccnc3)CC[C@@H]21. The van der Waals surface area contributed by atoms with E-state index in [-0.39, 0.29) is 0 Å². The molecule has 0 N–H and O–H groups in total. The van der Waals surface area contributed by atoms with E-state index in [0.717, 1.165) is 58.4 Å². The number of hydrogen-bond donors (Lipinski definition) is 0. The van der Waals surface area contributed by atoms with Crippen LogP contribution < -0.4 is 0 Å². The first-order valence-corrected chi connectivity index (χ1v) is 9.19. The molecule has 3 rings (SSSR count). The Hall–Kier alpha value is -1.46. The second kappa shape index (κ2) is 8.08. The Bertz CT molecular complexity index is 533. The maximum absolute atomic E-state index is 12.4. The summed E-state index contributed by atoms with van der Waals surface area (Å²) in [5.74, 6) is 1.00. The van der Waals surface area contributed by atoms with Gasteiger partial charge in [0.2, 0.25) is 5.91 Å². The van der Waals surface area contributed by atoms with Gasteiger partial charge in [-0.2, -0.15) is 0 Å². The Balaban J connectivity index is 1.56. The number of aromatic nitrogens is 1. The summed E-state index contributed by atoms with van der Waals surface area (Å²) < 4.78 is 0. The number of carbonyl (C=O) groups excluding carboxylic acids is 1. The van der Waals surface area contributed by atoms with E-state index < -0.39 is 0 Å². The molecule has 0 aromatic carbocycles. The van der Waals surface area contributed by atoms with Crippen molar-refractivity contribution >= 4 is 5.91 Å². The molecule has 0 bridgehead atoms. The van der Waals surface area contributed by atoms with Gasteiger partial charge < -0.3 is 9.80 Å². The van der Waals surface area contributed by atoms with Crippen LogP contribution in [-0.4, -0.2) is 71.9 Å². The largest absolute Gasteiger partial charge is 0.339 e. The minimum Gasteiger partial charge on any atom is -0.339 e. The highest BCUT2D eigenvalue weighted by atomic mass is 16.2. The minimum atomic E-state index is 0.371. The van der Waals surface area contributed by atoms with Crippen molar-refractivity contribution in [3.05, 3.63) is 30.1 Å². The first kappa shape index (κ1) is 17.4. The normalized spacial score (nSPS) is 25.1. The summed E-state index contributed by atoms with van der Waals surface area (Å²) in [6.07, 6.45) is 7.75. The lowest BCUT2D eigenvalue weighted by molar-refractivity contribution is -0.141. The Morgan fingerprint density at radius 1 is 1.33 bits per heavy atom. The summed E-state index contributed by atoms with van der Waals surface area (Å²) in [4.78, 5) is 23.5. The molecule has 5 heteroatoms. The molecule has 0 saturated carbocycles. The highest BCUT2D eigenvalue weighted by Crippen LogP contribution is 2.31. The van der Waals surface area contributed by atoms with Crippen LogP contribution in [0, 0.1) is 5.92 Å². The monoisotopic (exact) mass is 330 g/mol. The van der Waals surface area contributed by atoms with Gasteiger partial charge >= 0.3 is 0 Å². The van der Waals surface area contributed by atoms with Gasteiger partial charge in [-0.15, -0.1) is 0 Å². The van der Waals surface area contributed by atoms with Crippen LogP contribution in [0.2, 0.25) is 0 Å². The van der Waals surface area contributed by atoms with E-state index >= 15 is 0 Å². The smallest absolute Gasteiger partial charge is 0.222 e. The van der Waals surface area contributed by atoms with Crippen LogP contribution in [0.5, 0.6) is 0 Å². The van der Waals surface area contributed by atoms with Gasteiger partial charge in [-0.3, -0.25) is 14.7 Å². The van der Waals surface area contributed by atoms with Crippen LogP contribution in [0.15, 0.2) is 24.5 Å². The zero-order valence-electron chi connectivity index (χ0n) is 15.0. The van der Waals surface area contributed by atoms with Gasteiger partial charge in [-0.05, 0) is 57.5 Å². The van der Waals surface area contributed by atoms with Gasteiger partial charge in [-0.25, -0.2) is 0 Å². The standard InChI is InChI=1S/C19H30N4O/c1-21(2)10-4-11-23-18-8-12-22(14-16-5-3-9-20-13-16)15-17(18)6-7-19(23)24/h3,5,9,13,17-18H,4,6-8,10-12,14-15H2,1-2H3/t17-,18+/m1/s1. The average molecular weight is 330 g/mol. The van der Waals surface area contributed by atoms with Crippen LogP contribution in [0.3, 0.4) is 0 Å². The van der Waals surface area contributed by atoms with Crippen molar-refractivity contribution in [2.45, 2.75) is 38.3 Å². The molecule has 132 valence electrons. The van der Waals surface area contributed by atoms with Crippen molar-refractivity contribution in [2.75, 3.05) is 40.3 Å². The van der Waals surface area contributed by atoms with Crippen molar-refractivity contribution in [3.63, 3.8) is 0 Å². The van der Waals surface area contributed by atoms with E-state index in [1.807, 2.05) is 18.5 Å². The maximum Gasteiger partial charge on any atom is 0.222 e. The van der Waals surface area contributed by atoms with Gasteiger partial charge in [0.25, 0.3) is 0 Å². The summed E-state index contributed by atoms with van der Waals surface area (Å²) in [5, 5.41) is 0. The van der Waals surface area contributed by atoms with Crippen LogP contribution in [-0.2, 0) is 11.3 Å². The van der Waals surface area contributed by atoms with Crippen molar-refractivity contribution < 1.29 is 4.79 Å². The van der Waals surface area contributed by atoms with Crippen molar-refractivity contribution in [1.29, 1.82) is 0 Å². The molecule has 1 aromatic heterocycles. The van der Waals surface area contributed by atoms with Gasteiger partial charge in [0.1, 0.15) is 0 Å². The molecule has 3 heterocycles. The van der Waals surface area contributed by atoms with E-state index in [2.05, 4.69) is 39.8 Å². The Kier molecular flexibility index (Phi) is 5.85. The number of nitrogens with zero attached hydrogens (tertiary/aromatic N) is 4. The lowest BCUT2D eigenvalue weighted by Crippen LogP contribution is -2.56. The number of likely N-dealkylation sites (tertiary alicyclic amines) is 2. The third-order valence-corrected chi connectivity index (χ3v) is 5.36. The number of piperidine rings is 2. The molecule has 2 fully saturated rings. The van der Waals surface area contributed by atoms with Crippen LogP contribution in [0.4, 0.5) is 0 Å². The Labute approximate surface area is 145 Å². The minimum absolute atomic E-state index is 0.371. The molecular formula is C19H30N4O. The number of carbonyl (C=O) groups is 1. The van der Waals surface area contributed by atoms with Crippen molar-refractivity contribution in [3.8, 4) is 0 Å². The number of pyridine rings is 1. The predicted molar refractivity (Wildman–Crippen MR) is 95.5 cm³/mol. The van der Waals surface area contributed by atoms with E-state index in [0.29, 0.717) is 17.9 Å². The summed E-state index contributed by atoms with van der Waals surface area (Å²) in [7, 11) is 4.19. The fourth-order valence-corrected chi connectivity index (χ4v) is 4.17. The molecule has 24 heavy (non-hydrogen) atoms. The van der Waals surface area contributed by atoms with E-state index in [1.54, 1.807) is 0 Å². The fourth-order valence-electron chi connectivity index (χ4n) is 4.17. The quantitative estimate of drug-likeness (QED) is 0.798. The van der Waals surface area contributed by atoms with Crippen molar-refractivity contribution in [1.82, 2.24) is 19.7 Å². The number of rotatable bonds is 6. The second-order valence-corrected chi connectivity index (χ2v) is 7.50. The number of hydrogen-bond acceptors (Lipinski definition) is 4. The summed E-state index contributed by atoms with van der Waals surface area (Å²) in [6, 6.07) is 4.61. The lowest BCUT2D eigenvalue weighted by atomic mass is 9.83. The van der Waals surface area contributed by atoms with Crippen LogP contribution in [0.1, 0.15) is 31.2 Å². The summed E-state index contributed by atoms with van der Waals surface area (Å²) in [6.45, 7) is 5.13. The molecule has 2 atom stereocenters. The third-order valence-electron chi connectivity index (χ3n) is 5.36. The molecular weight excluding hydrogens is 300 g/mol. The molecule has 0 aliphatic carbocycles. The molecule has 2 saturated heterocycles. The van der Waals surface area contributed by atoms with E-state index in [4.69, 9.17) is 0 Å². The molecule has 2 aliphatic rings. The zero-order chi connectivity index (χ0) is 16.9. The number of amides is 1. The maximum atomic E-state index is 12.4. The van der Waals surface area contributed by atoms with Gasteiger partial charge in [0.15, 0.2) is 0 Å². The highest BCUT2D eigenvalue weighted by Gasteiger charge is 2.38. The molecule has 0 radical (unpaired) electrons. The topological polar surface area (TPSA) is 39.7 Å². The first-order valence-electron chi connectivity index (χ1n) is 9.19. The Morgan fingerprint density at radius 2 is 2.21 bits per heavy atom. The second-order valence-electron chi connectivity index (χ2n) is 7.50. The molecule has 0 spiro atoms. The van der Waals surface area contributed by atoms with Gasteiger partial charge in [0, 0.05) is 51.0 Å². The third kappa shape index (κ3) is 4.33. The lowest BCUT2D eigenvalue weighted by Gasteiger charge is -2.47. The molecule has 5 nitrogen and oxygen atoms in total. The van der Waals surface area contributed by atoms with E-state index in [9.17, 15) is 4.79 Å². The van der Waals surface area contributed by atoms with Crippen LogP contribution in [0.25, 0.3) is 0 Å². The molecule has 1 amide bonds. The zero-order valence-corrected chi connectivity index (χ0v) is 15.0. The molecule has 1 aromatic rings. The summed E-state index contributed by atoms with van der Waals surface area (Å²) >= 11 is 0. The molecule has 2 aliphatic heterocycles. The Morgan fingerprint density at radius 3 is 2.96 bits per heavy atom. The van der Waals surface area contributed by atoms with Crippen LogP contribution >= 0.6 is 0 Å². The average Bonchev–Trinajstić information content (AvgIpc) is 2.57. The molecule has 0 unspecified atom stereocenters. The summed E-state index contributed by atoms with van der Waals surface area (Å²) in [5.41, 5.74) is 1.28. The predicted octanol–water partition coefficient (Wildman–Crippen LogP) is 1.85. The van der Waals surface area contributed by atoms with Gasteiger partial charge in [0.05, 0.1) is 0 Å². The van der Waals surface area contributed by atoms with E-state index in [1.165, 1.54) is 5.56 Å². The van der Waals surface area contributed by atoms with Gasteiger partial charge in [-0.1, -0.05) is 6.07 Å².